The molecule has 3 aromatic rings. The number of fused-ring (bicyclic) bond motifs is 1. The van der Waals surface area contributed by atoms with Crippen molar-refractivity contribution in [2.75, 3.05) is 36.8 Å². The SMILES string of the molecule is O=C(CSc1ccccc1Cl)N1CCN(c2nc3cccnc3s2)CC1. The van der Waals surface area contributed by atoms with Crippen molar-refractivity contribution in [3.63, 3.8) is 0 Å². The first-order valence-electron chi connectivity index (χ1n) is 8.32. The van der Waals surface area contributed by atoms with Gasteiger partial charge in [0.15, 0.2) is 5.13 Å². The van der Waals surface area contributed by atoms with Crippen LogP contribution in [0.15, 0.2) is 47.5 Å². The van der Waals surface area contributed by atoms with E-state index in [0.717, 1.165) is 33.5 Å². The number of nitrogens with zero attached hydrogens (tertiary/aromatic N) is 4. The van der Waals surface area contributed by atoms with Gasteiger partial charge in [-0.3, -0.25) is 4.79 Å². The maximum atomic E-state index is 12.5. The van der Waals surface area contributed by atoms with Gasteiger partial charge in [0.2, 0.25) is 5.91 Å². The summed E-state index contributed by atoms with van der Waals surface area (Å²) in [4.78, 5) is 27.5. The van der Waals surface area contributed by atoms with Crippen LogP contribution in [-0.2, 0) is 4.79 Å². The van der Waals surface area contributed by atoms with Gasteiger partial charge in [-0.2, -0.15) is 0 Å². The standard InChI is InChI=1S/C18H17ClN4OS2/c19-13-4-1-2-6-15(13)25-12-16(24)22-8-10-23(11-9-22)18-21-14-5-3-7-20-17(14)26-18/h1-7H,8-12H2. The molecule has 0 spiro atoms. The van der Waals surface area contributed by atoms with E-state index in [1.807, 2.05) is 41.3 Å². The zero-order valence-corrected chi connectivity index (χ0v) is 16.4. The molecule has 4 rings (SSSR count). The van der Waals surface area contributed by atoms with Crippen LogP contribution in [0.1, 0.15) is 0 Å². The van der Waals surface area contributed by atoms with Gasteiger partial charge in [-0.25, -0.2) is 9.97 Å². The van der Waals surface area contributed by atoms with Crippen LogP contribution in [0.3, 0.4) is 0 Å². The number of halogens is 1. The van der Waals surface area contributed by atoms with Crippen molar-refractivity contribution in [3.8, 4) is 0 Å². The molecule has 0 unspecified atom stereocenters. The molecule has 0 bridgehead atoms. The summed E-state index contributed by atoms with van der Waals surface area (Å²) < 4.78 is 0. The molecule has 134 valence electrons. The van der Waals surface area contributed by atoms with Gasteiger partial charge in [0.1, 0.15) is 10.3 Å². The number of carbonyl (C=O) groups excluding carboxylic acids is 1. The summed E-state index contributed by atoms with van der Waals surface area (Å²) >= 11 is 9.25. The maximum absolute atomic E-state index is 12.5. The molecule has 1 aromatic carbocycles. The van der Waals surface area contributed by atoms with Crippen molar-refractivity contribution in [1.82, 2.24) is 14.9 Å². The summed E-state index contributed by atoms with van der Waals surface area (Å²) in [7, 11) is 0. The minimum absolute atomic E-state index is 0.153. The minimum Gasteiger partial charge on any atom is -0.344 e. The maximum Gasteiger partial charge on any atom is 0.233 e. The smallest absolute Gasteiger partial charge is 0.233 e. The number of hydrogen-bond donors (Lipinski definition) is 0. The monoisotopic (exact) mass is 404 g/mol. The number of carbonyl (C=O) groups is 1. The van der Waals surface area contributed by atoms with Gasteiger partial charge in [-0.05, 0) is 24.3 Å². The number of thiazole rings is 1. The number of amides is 1. The van der Waals surface area contributed by atoms with Crippen molar-refractivity contribution in [2.45, 2.75) is 4.90 Å². The number of piperazine rings is 1. The van der Waals surface area contributed by atoms with Crippen molar-refractivity contribution < 1.29 is 4.79 Å². The van der Waals surface area contributed by atoms with Crippen LogP contribution in [0.2, 0.25) is 5.02 Å². The first-order valence-corrected chi connectivity index (χ1v) is 10.5. The number of aromatic nitrogens is 2. The van der Waals surface area contributed by atoms with Crippen molar-refractivity contribution in [2.24, 2.45) is 0 Å². The average molecular weight is 405 g/mol. The Morgan fingerprint density at radius 2 is 1.96 bits per heavy atom. The lowest BCUT2D eigenvalue weighted by Crippen LogP contribution is -2.49. The predicted octanol–water partition coefficient (Wildman–Crippen LogP) is 3.79. The molecule has 26 heavy (non-hydrogen) atoms. The Morgan fingerprint density at radius 3 is 2.73 bits per heavy atom. The summed E-state index contributed by atoms with van der Waals surface area (Å²) in [6.45, 7) is 3.02. The lowest BCUT2D eigenvalue weighted by molar-refractivity contribution is -0.128. The zero-order chi connectivity index (χ0) is 17.9. The first kappa shape index (κ1) is 17.6. The second kappa shape index (κ2) is 7.82. The van der Waals surface area contributed by atoms with Gasteiger partial charge >= 0.3 is 0 Å². The Labute approximate surface area is 165 Å². The first-order chi connectivity index (χ1) is 12.7. The Bertz CT molecular complexity index is 891. The quantitative estimate of drug-likeness (QED) is 0.619. The molecule has 0 atom stereocenters. The molecule has 3 heterocycles. The van der Waals surface area contributed by atoms with E-state index in [1.54, 1.807) is 17.5 Å². The molecule has 8 heteroatoms. The van der Waals surface area contributed by atoms with E-state index < -0.39 is 0 Å². The Kier molecular flexibility index (Phi) is 5.28. The number of hydrogen-bond acceptors (Lipinski definition) is 6. The molecular formula is C18H17ClN4OS2. The predicted molar refractivity (Wildman–Crippen MR) is 108 cm³/mol. The minimum atomic E-state index is 0.153. The van der Waals surface area contributed by atoms with Gasteiger partial charge < -0.3 is 9.80 Å². The van der Waals surface area contributed by atoms with Crippen molar-refractivity contribution >= 4 is 56.1 Å². The Hall–Kier alpha value is -1.83. The molecule has 0 saturated carbocycles. The van der Waals surface area contributed by atoms with Crippen molar-refractivity contribution in [1.29, 1.82) is 0 Å². The largest absolute Gasteiger partial charge is 0.344 e. The van der Waals surface area contributed by atoms with Gasteiger partial charge in [0, 0.05) is 37.3 Å². The zero-order valence-electron chi connectivity index (χ0n) is 14.0. The molecule has 5 nitrogen and oxygen atoms in total. The lowest BCUT2D eigenvalue weighted by atomic mass is 10.3. The third-order valence-electron chi connectivity index (χ3n) is 4.25. The molecule has 1 aliphatic rings. The lowest BCUT2D eigenvalue weighted by Gasteiger charge is -2.34. The normalized spacial score (nSPS) is 14.8. The van der Waals surface area contributed by atoms with Crippen molar-refractivity contribution in [3.05, 3.63) is 47.6 Å². The number of thioether (sulfide) groups is 1. The highest BCUT2D eigenvalue weighted by Gasteiger charge is 2.23. The molecule has 1 fully saturated rings. The van der Waals surface area contributed by atoms with Gasteiger partial charge in [0.25, 0.3) is 0 Å². The fraction of sp³-hybridized carbons (Fsp3) is 0.278. The van der Waals surface area contributed by atoms with E-state index in [0.29, 0.717) is 23.9 Å². The summed E-state index contributed by atoms with van der Waals surface area (Å²) in [6, 6.07) is 11.5. The molecule has 1 amide bonds. The molecule has 2 aromatic heterocycles. The number of pyridine rings is 1. The van der Waals surface area contributed by atoms with Crippen LogP contribution in [0.5, 0.6) is 0 Å². The number of rotatable bonds is 4. The van der Waals surface area contributed by atoms with Crippen LogP contribution in [-0.4, -0.2) is 52.7 Å². The third-order valence-corrected chi connectivity index (χ3v) is 6.79. The second-order valence-corrected chi connectivity index (χ2v) is 8.29. The van der Waals surface area contributed by atoms with E-state index in [-0.39, 0.29) is 5.91 Å². The van der Waals surface area contributed by atoms with E-state index in [2.05, 4.69) is 14.9 Å². The highest BCUT2D eigenvalue weighted by molar-refractivity contribution is 8.00. The van der Waals surface area contributed by atoms with E-state index >= 15 is 0 Å². The third kappa shape index (κ3) is 3.79. The van der Waals surface area contributed by atoms with E-state index in [1.165, 1.54) is 11.8 Å². The molecule has 0 aliphatic carbocycles. The highest BCUT2D eigenvalue weighted by atomic mass is 35.5. The van der Waals surface area contributed by atoms with E-state index in [9.17, 15) is 4.79 Å². The topological polar surface area (TPSA) is 49.3 Å². The molecule has 0 N–H and O–H groups in total. The van der Waals surface area contributed by atoms with Crippen LogP contribution in [0.4, 0.5) is 5.13 Å². The molecular weight excluding hydrogens is 388 g/mol. The van der Waals surface area contributed by atoms with Crippen LogP contribution >= 0.6 is 34.7 Å². The molecule has 1 saturated heterocycles. The van der Waals surface area contributed by atoms with Crippen LogP contribution in [0.25, 0.3) is 10.3 Å². The number of anilines is 1. The summed E-state index contributed by atoms with van der Waals surface area (Å²) in [5.74, 6) is 0.565. The fourth-order valence-corrected chi connectivity index (χ4v) is 4.94. The fourth-order valence-electron chi connectivity index (χ4n) is 2.83. The van der Waals surface area contributed by atoms with Gasteiger partial charge in [-0.1, -0.05) is 35.1 Å². The van der Waals surface area contributed by atoms with Crippen LogP contribution in [0, 0.1) is 0 Å². The van der Waals surface area contributed by atoms with E-state index in [4.69, 9.17) is 11.6 Å². The summed E-state index contributed by atoms with van der Waals surface area (Å²) in [5, 5.41) is 1.68. The van der Waals surface area contributed by atoms with Crippen LogP contribution < -0.4 is 4.90 Å². The Morgan fingerprint density at radius 1 is 1.15 bits per heavy atom. The summed E-state index contributed by atoms with van der Waals surface area (Å²) in [5.41, 5.74) is 0.933. The molecule has 1 aliphatic heterocycles. The van der Waals surface area contributed by atoms with Gasteiger partial charge in [0.05, 0.1) is 10.8 Å². The average Bonchev–Trinajstić information content (AvgIpc) is 3.11. The second-order valence-electron chi connectivity index (χ2n) is 5.91. The molecule has 0 radical (unpaired) electrons. The Balaban J connectivity index is 1.33. The number of benzene rings is 1. The highest BCUT2D eigenvalue weighted by Crippen LogP contribution is 2.29. The summed E-state index contributed by atoms with van der Waals surface area (Å²) in [6.07, 6.45) is 1.79. The van der Waals surface area contributed by atoms with Gasteiger partial charge in [-0.15, -0.1) is 11.8 Å².